The number of rotatable bonds is 5. The van der Waals surface area contributed by atoms with Gasteiger partial charge in [0, 0.05) is 6.20 Å². The van der Waals surface area contributed by atoms with Crippen LogP contribution in [0.2, 0.25) is 0 Å². The van der Waals surface area contributed by atoms with Crippen LogP contribution in [0.25, 0.3) is 5.65 Å². The van der Waals surface area contributed by atoms with Gasteiger partial charge in [-0.2, -0.15) is 8.78 Å². The molecule has 108 valence electrons. The van der Waals surface area contributed by atoms with Gasteiger partial charge in [0.2, 0.25) is 0 Å². The lowest BCUT2D eigenvalue weighted by atomic mass is 10.2. The first-order valence-corrected chi connectivity index (χ1v) is 6.19. The number of ether oxygens (including phenoxy) is 2. The predicted octanol–water partition coefficient (Wildman–Crippen LogP) is 2.91. The van der Waals surface area contributed by atoms with Gasteiger partial charge in [0.25, 0.3) is 0 Å². The van der Waals surface area contributed by atoms with E-state index in [0.717, 1.165) is 0 Å². The predicted molar refractivity (Wildman–Crippen MR) is 70.4 cm³/mol. The SMILES string of the molecule is FC(F)Oc1cccc(COc2nnc3ccccn23)c1. The van der Waals surface area contributed by atoms with Crippen molar-refractivity contribution < 1.29 is 18.3 Å². The van der Waals surface area contributed by atoms with Crippen LogP contribution in [0.1, 0.15) is 5.56 Å². The van der Waals surface area contributed by atoms with Crippen LogP contribution in [0.15, 0.2) is 48.7 Å². The van der Waals surface area contributed by atoms with Crippen LogP contribution in [0.4, 0.5) is 8.78 Å². The Kier molecular flexibility index (Phi) is 3.63. The normalized spacial score (nSPS) is 11.0. The van der Waals surface area contributed by atoms with Gasteiger partial charge in [-0.15, -0.1) is 5.10 Å². The fraction of sp³-hybridized carbons (Fsp3) is 0.143. The van der Waals surface area contributed by atoms with Gasteiger partial charge in [0.05, 0.1) is 0 Å². The summed E-state index contributed by atoms with van der Waals surface area (Å²) >= 11 is 0. The minimum Gasteiger partial charge on any atom is -0.458 e. The van der Waals surface area contributed by atoms with Crippen molar-refractivity contribution in [1.29, 1.82) is 0 Å². The Morgan fingerprint density at radius 3 is 2.86 bits per heavy atom. The van der Waals surface area contributed by atoms with Crippen molar-refractivity contribution in [2.45, 2.75) is 13.2 Å². The lowest BCUT2D eigenvalue weighted by molar-refractivity contribution is -0.0499. The number of nitrogens with zero attached hydrogens (tertiary/aromatic N) is 3. The van der Waals surface area contributed by atoms with Crippen LogP contribution in [-0.2, 0) is 6.61 Å². The van der Waals surface area contributed by atoms with E-state index in [1.807, 2.05) is 12.1 Å². The molecule has 0 saturated heterocycles. The molecule has 7 heteroatoms. The number of benzene rings is 1. The number of hydrogen-bond donors (Lipinski definition) is 0. The van der Waals surface area contributed by atoms with Crippen LogP contribution in [0, 0.1) is 0 Å². The lowest BCUT2D eigenvalue weighted by Crippen LogP contribution is -2.03. The van der Waals surface area contributed by atoms with E-state index in [1.165, 1.54) is 12.1 Å². The fourth-order valence-electron chi connectivity index (χ4n) is 1.88. The van der Waals surface area contributed by atoms with Crippen molar-refractivity contribution in [3.8, 4) is 11.8 Å². The lowest BCUT2D eigenvalue weighted by Gasteiger charge is -2.07. The largest absolute Gasteiger partial charge is 0.458 e. The van der Waals surface area contributed by atoms with Crippen molar-refractivity contribution in [2.24, 2.45) is 0 Å². The Balaban J connectivity index is 1.72. The van der Waals surface area contributed by atoms with Crippen LogP contribution >= 0.6 is 0 Å². The van der Waals surface area contributed by atoms with Crippen LogP contribution in [0.3, 0.4) is 0 Å². The van der Waals surface area contributed by atoms with Gasteiger partial charge in [-0.05, 0) is 29.8 Å². The molecule has 0 atom stereocenters. The van der Waals surface area contributed by atoms with Crippen molar-refractivity contribution in [3.05, 3.63) is 54.2 Å². The topological polar surface area (TPSA) is 48.7 Å². The molecule has 0 bridgehead atoms. The standard InChI is InChI=1S/C14H11F2N3O2/c15-13(16)21-11-5-3-4-10(8-11)9-20-14-18-17-12-6-1-2-7-19(12)14/h1-8,13H,9H2. The smallest absolute Gasteiger partial charge is 0.387 e. The maximum absolute atomic E-state index is 12.2. The van der Waals surface area contributed by atoms with Crippen LogP contribution < -0.4 is 9.47 Å². The summed E-state index contributed by atoms with van der Waals surface area (Å²) in [6.45, 7) is -2.67. The highest BCUT2D eigenvalue weighted by Crippen LogP contribution is 2.18. The molecular weight excluding hydrogens is 280 g/mol. The van der Waals surface area contributed by atoms with Crippen LogP contribution in [-0.4, -0.2) is 21.2 Å². The quantitative estimate of drug-likeness (QED) is 0.725. The third-order valence-corrected chi connectivity index (χ3v) is 2.77. The number of fused-ring (bicyclic) bond motifs is 1. The van der Waals surface area contributed by atoms with E-state index < -0.39 is 6.61 Å². The van der Waals surface area contributed by atoms with Gasteiger partial charge < -0.3 is 9.47 Å². The Morgan fingerprint density at radius 2 is 2.00 bits per heavy atom. The summed E-state index contributed by atoms with van der Waals surface area (Å²) in [6.07, 6.45) is 1.78. The summed E-state index contributed by atoms with van der Waals surface area (Å²) in [7, 11) is 0. The average Bonchev–Trinajstić information content (AvgIpc) is 2.88. The molecule has 0 aliphatic heterocycles. The van der Waals surface area contributed by atoms with Crippen molar-refractivity contribution in [2.75, 3.05) is 0 Å². The fourth-order valence-corrected chi connectivity index (χ4v) is 1.88. The van der Waals surface area contributed by atoms with Crippen molar-refractivity contribution >= 4 is 5.65 Å². The van der Waals surface area contributed by atoms with Crippen molar-refractivity contribution in [1.82, 2.24) is 14.6 Å². The van der Waals surface area contributed by atoms with Gasteiger partial charge in [0.1, 0.15) is 12.4 Å². The molecule has 1 aromatic carbocycles. The highest BCUT2D eigenvalue weighted by atomic mass is 19.3. The number of hydrogen-bond acceptors (Lipinski definition) is 4. The summed E-state index contributed by atoms with van der Waals surface area (Å²) in [5.41, 5.74) is 1.36. The summed E-state index contributed by atoms with van der Waals surface area (Å²) in [6, 6.07) is 12.2. The summed E-state index contributed by atoms with van der Waals surface area (Å²) in [4.78, 5) is 0. The maximum Gasteiger partial charge on any atom is 0.387 e. The molecule has 2 aromatic heterocycles. The molecule has 0 unspecified atom stereocenters. The summed E-state index contributed by atoms with van der Waals surface area (Å²) in [5, 5.41) is 7.87. The van der Waals surface area contributed by atoms with Crippen molar-refractivity contribution in [3.63, 3.8) is 0 Å². The summed E-state index contributed by atoms with van der Waals surface area (Å²) in [5.74, 6) is 0.0946. The van der Waals surface area contributed by atoms with E-state index in [2.05, 4.69) is 14.9 Å². The highest BCUT2D eigenvalue weighted by Gasteiger charge is 2.07. The second-order valence-electron chi connectivity index (χ2n) is 4.23. The van der Waals surface area contributed by atoms with Gasteiger partial charge in [-0.3, -0.25) is 4.40 Å². The first kappa shape index (κ1) is 13.3. The van der Waals surface area contributed by atoms with Gasteiger partial charge in [-0.1, -0.05) is 23.3 Å². The molecule has 0 radical (unpaired) electrons. The summed E-state index contributed by atoms with van der Waals surface area (Å²) < 4.78 is 35.9. The third kappa shape index (κ3) is 3.07. The molecule has 0 fully saturated rings. The molecule has 0 aliphatic rings. The monoisotopic (exact) mass is 291 g/mol. The molecule has 21 heavy (non-hydrogen) atoms. The van der Waals surface area contributed by atoms with Crippen LogP contribution in [0.5, 0.6) is 11.8 Å². The molecule has 0 amide bonds. The first-order valence-electron chi connectivity index (χ1n) is 6.19. The third-order valence-electron chi connectivity index (χ3n) is 2.77. The Hall–Kier alpha value is -2.70. The average molecular weight is 291 g/mol. The molecule has 0 aliphatic carbocycles. The van der Waals surface area contributed by atoms with E-state index in [-0.39, 0.29) is 12.4 Å². The van der Waals surface area contributed by atoms with Gasteiger partial charge >= 0.3 is 12.6 Å². The van der Waals surface area contributed by atoms with E-state index in [9.17, 15) is 8.78 Å². The van der Waals surface area contributed by atoms with Gasteiger partial charge in [0.15, 0.2) is 5.65 Å². The highest BCUT2D eigenvalue weighted by molar-refractivity contribution is 5.38. The van der Waals surface area contributed by atoms with E-state index in [0.29, 0.717) is 17.2 Å². The maximum atomic E-state index is 12.2. The molecule has 5 nitrogen and oxygen atoms in total. The Labute approximate surface area is 118 Å². The molecule has 2 heterocycles. The number of halogens is 2. The van der Waals surface area contributed by atoms with E-state index in [4.69, 9.17) is 4.74 Å². The van der Waals surface area contributed by atoms with E-state index >= 15 is 0 Å². The number of alkyl halides is 2. The second kappa shape index (κ2) is 5.74. The molecule has 0 saturated carbocycles. The molecule has 3 rings (SSSR count). The molecular formula is C14H11F2N3O2. The zero-order chi connectivity index (χ0) is 14.7. The molecule has 3 aromatic rings. The molecule has 0 spiro atoms. The first-order chi connectivity index (χ1) is 10.2. The zero-order valence-corrected chi connectivity index (χ0v) is 10.8. The minimum atomic E-state index is -2.85. The van der Waals surface area contributed by atoms with Gasteiger partial charge in [-0.25, -0.2) is 0 Å². The second-order valence-corrected chi connectivity index (χ2v) is 4.23. The zero-order valence-electron chi connectivity index (χ0n) is 10.8. The number of pyridine rings is 1. The Bertz CT molecular complexity index is 746. The molecule has 0 N–H and O–H groups in total. The number of aromatic nitrogens is 3. The Morgan fingerprint density at radius 1 is 1.10 bits per heavy atom. The minimum absolute atomic E-state index is 0.0946. The van der Waals surface area contributed by atoms with E-state index in [1.54, 1.807) is 28.8 Å².